The molecule has 0 saturated heterocycles. The predicted octanol–water partition coefficient (Wildman–Crippen LogP) is 3.69. The minimum atomic E-state index is -0.926. The molecule has 1 aliphatic heterocycles. The molecular formula is C18H15ClFNO3. The molecule has 124 valence electrons. The predicted molar refractivity (Wildman–Crippen MR) is 87.8 cm³/mol. The zero-order chi connectivity index (χ0) is 17.3. The van der Waals surface area contributed by atoms with Gasteiger partial charge in [-0.15, -0.1) is 0 Å². The molecule has 1 heterocycles. The maximum atomic E-state index is 13.2. The fraction of sp³-hybridized carbons (Fsp3) is 0.222. The molecule has 2 aromatic rings. The Morgan fingerprint density at radius 2 is 2.00 bits per heavy atom. The van der Waals surface area contributed by atoms with Gasteiger partial charge < -0.3 is 10.1 Å². The molecule has 6 heteroatoms. The van der Waals surface area contributed by atoms with Gasteiger partial charge in [-0.2, -0.15) is 0 Å². The molecule has 1 amide bonds. The van der Waals surface area contributed by atoms with E-state index in [2.05, 4.69) is 5.32 Å². The summed E-state index contributed by atoms with van der Waals surface area (Å²) in [4.78, 5) is 24.5. The smallest absolute Gasteiger partial charge is 0.262 e. The van der Waals surface area contributed by atoms with Crippen LogP contribution in [-0.4, -0.2) is 17.8 Å². The molecule has 0 spiro atoms. The van der Waals surface area contributed by atoms with Crippen molar-refractivity contribution in [1.82, 2.24) is 5.32 Å². The quantitative estimate of drug-likeness (QED) is 0.921. The van der Waals surface area contributed by atoms with Gasteiger partial charge in [0, 0.05) is 5.02 Å². The van der Waals surface area contributed by atoms with Crippen LogP contribution >= 0.6 is 11.6 Å². The number of hydrogen-bond acceptors (Lipinski definition) is 3. The lowest BCUT2D eigenvalue weighted by Crippen LogP contribution is -2.42. The summed E-state index contributed by atoms with van der Waals surface area (Å²) >= 11 is 5.85. The summed E-state index contributed by atoms with van der Waals surface area (Å²) in [7, 11) is 0. The van der Waals surface area contributed by atoms with Crippen molar-refractivity contribution in [2.24, 2.45) is 0 Å². The standard InChI is InChI=1S/C18H15ClFNO3/c1-10(11-2-4-12(19)5-3-11)21-18(23)17-9-15(22)14-8-13(20)6-7-16(14)24-17/h2-8,10,17H,9H2,1H3,(H,21,23)/t10-,17?/m1/s1. The van der Waals surface area contributed by atoms with Crippen LogP contribution in [0.1, 0.15) is 35.3 Å². The van der Waals surface area contributed by atoms with Crippen LogP contribution in [0.15, 0.2) is 42.5 Å². The van der Waals surface area contributed by atoms with Crippen molar-refractivity contribution in [2.45, 2.75) is 25.5 Å². The monoisotopic (exact) mass is 347 g/mol. The van der Waals surface area contributed by atoms with Crippen molar-refractivity contribution in [3.05, 3.63) is 64.4 Å². The SMILES string of the molecule is C[C@@H](NC(=O)C1CC(=O)c2cc(F)ccc2O1)c1ccc(Cl)cc1. The molecule has 0 bridgehead atoms. The van der Waals surface area contributed by atoms with Crippen LogP contribution < -0.4 is 10.1 Å². The van der Waals surface area contributed by atoms with Crippen LogP contribution in [0.5, 0.6) is 5.75 Å². The third kappa shape index (κ3) is 3.41. The van der Waals surface area contributed by atoms with E-state index >= 15 is 0 Å². The lowest BCUT2D eigenvalue weighted by atomic mass is 9.99. The third-order valence-corrected chi connectivity index (χ3v) is 4.16. The first kappa shape index (κ1) is 16.5. The lowest BCUT2D eigenvalue weighted by molar-refractivity contribution is -0.128. The average molecular weight is 348 g/mol. The summed E-state index contributed by atoms with van der Waals surface area (Å²) in [6, 6.07) is 10.5. The largest absolute Gasteiger partial charge is 0.479 e. The first-order chi connectivity index (χ1) is 11.4. The summed E-state index contributed by atoms with van der Waals surface area (Å²) in [5.41, 5.74) is 1.06. The molecule has 1 unspecified atom stereocenters. The topological polar surface area (TPSA) is 55.4 Å². The number of ether oxygens (including phenoxy) is 1. The molecule has 1 aliphatic rings. The van der Waals surface area contributed by atoms with E-state index in [1.54, 1.807) is 12.1 Å². The number of halogens is 2. The molecule has 4 nitrogen and oxygen atoms in total. The summed E-state index contributed by atoms with van der Waals surface area (Å²) in [6.07, 6.45) is -1.04. The maximum Gasteiger partial charge on any atom is 0.262 e. The second kappa shape index (κ2) is 6.61. The Balaban J connectivity index is 1.71. The number of nitrogens with one attached hydrogen (secondary N) is 1. The number of hydrogen-bond donors (Lipinski definition) is 1. The van der Waals surface area contributed by atoms with Crippen LogP contribution in [-0.2, 0) is 4.79 Å². The summed E-state index contributed by atoms with van der Waals surface area (Å²) in [5, 5.41) is 3.43. The number of Topliss-reactive ketones (excluding diaryl/α,β-unsaturated/α-hetero) is 1. The van der Waals surface area contributed by atoms with Gasteiger partial charge in [0.05, 0.1) is 18.0 Å². The molecule has 0 aromatic heterocycles. The summed E-state index contributed by atoms with van der Waals surface area (Å²) < 4.78 is 18.8. The second-order valence-electron chi connectivity index (χ2n) is 5.66. The van der Waals surface area contributed by atoms with E-state index in [4.69, 9.17) is 16.3 Å². The highest BCUT2D eigenvalue weighted by atomic mass is 35.5. The number of rotatable bonds is 3. The molecule has 24 heavy (non-hydrogen) atoms. The van der Waals surface area contributed by atoms with E-state index < -0.39 is 11.9 Å². The zero-order valence-corrected chi connectivity index (χ0v) is 13.6. The molecule has 0 fully saturated rings. The van der Waals surface area contributed by atoms with Crippen molar-refractivity contribution in [3.63, 3.8) is 0 Å². The Bertz CT molecular complexity index is 791. The molecule has 1 N–H and O–H groups in total. The molecule has 0 radical (unpaired) electrons. The van der Waals surface area contributed by atoms with Crippen molar-refractivity contribution in [3.8, 4) is 5.75 Å². The normalized spacial score (nSPS) is 17.6. The highest BCUT2D eigenvalue weighted by molar-refractivity contribution is 6.30. The Kier molecular flexibility index (Phi) is 4.53. The van der Waals surface area contributed by atoms with Crippen molar-refractivity contribution < 1.29 is 18.7 Å². The van der Waals surface area contributed by atoms with Gasteiger partial charge >= 0.3 is 0 Å². The van der Waals surface area contributed by atoms with Gasteiger partial charge in [0.15, 0.2) is 11.9 Å². The van der Waals surface area contributed by atoms with Crippen LogP contribution in [0.4, 0.5) is 4.39 Å². The van der Waals surface area contributed by atoms with Crippen molar-refractivity contribution in [2.75, 3.05) is 0 Å². The maximum absolute atomic E-state index is 13.2. The van der Waals surface area contributed by atoms with Gasteiger partial charge in [0.25, 0.3) is 5.91 Å². The van der Waals surface area contributed by atoms with E-state index in [1.807, 2.05) is 19.1 Å². The van der Waals surface area contributed by atoms with E-state index in [-0.39, 0.29) is 35.5 Å². The molecular weight excluding hydrogens is 333 g/mol. The first-order valence-corrected chi connectivity index (χ1v) is 7.87. The highest BCUT2D eigenvalue weighted by Gasteiger charge is 2.32. The van der Waals surface area contributed by atoms with E-state index in [0.717, 1.165) is 11.6 Å². The Hall–Kier alpha value is -2.40. The molecule has 2 atom stereocenters. The minimum Gasteiger partial charge on any atom is -0.479 e. The second-order valence-corrected chi connectivity index (χ2v) is 6.09. The zero-order valence-electron chi connectivity index (χ0n) is 12.9. The van der Waals surface area contributed by atoms with Crippen LogP contribution in [0.3, 0.4) is 0 Å². The van der Waals surface area contributed by atoms with Gasteiger partial charge in [-0.05, 0) is 42.8 Å². The number of amides is 1. The van der Waals surface area contributed by atoms with Gasteiger partial charge in [-0.1, -0.05) is 23.7 Å². The minimum absolute atomic E-state index is 0.115. The fourth-order valence-electron chi connectivity index (χ4n) is 2.58. The van der Waals surface area contributed by atoms with Crippen LogP contribution in [0, 0.1) is 5.82 Å². The number of carbonyl (C=O) groups excluding carboxylic acids is 2. The Morgan fingerprint density at radius 1 is 1.29 bits per heavy atom. The molecule has 0 saturated carbocycles. The number of fused-ring (bicyclic) bond motifs is 1. The van der Waals surface area contributed by atoms with E-state index in [0.29, 0.717) is 5.02 Å². The van der Waals surface area contributed by atoms with Crippen LogP contribution in [0.25, 0.3) is 0 Å². The number of benzene rings is 2. The van der Waals surface area contributed by atoms with Gasteiger partial charge in [-0.3, -0.25) is 9.59 Å². The molecule has 3 rings (SSSR count). The van der Waals surface area contributed by atoms with Gasteiger partial charge in [0.1, 0.15) is 11.6 Å². The van der Waals surface area contributed by atoms with Gasteiger partial charge in [-0.25, -0.2) is 4.39 Å². The fourth-order valence-corrected chi connectivity index (χ4v) is 2.71. The van der Waals surface area contributed by atoms with E-state index in [1.165, 1.54) is 12.1 Å². The molecule has 2 aromatic carbocycles. The lowest BCUT2D eigenvalue weighted by Gasteiger charge is -2.26. The molecule has 0 aliphatic carbocycles. The number of carbonyl (C=O) groups is 2. The van der Waals surface area contributed by atoms with E-state index in [9.17, 15) is 14.0 Å². The Labute approximate surface area is 143 Å². The Morgan fingerprint density at radius 3 is 2.71 bits per heavy atom. The first-order valence-electron chi connectivity index (χ1n) is 7.49. The van der Waals surface area contributed by atoms with Gasteiger partial charge in [0.2, 0.25) is 0 Å². The van der Waals surface area contributed by atoms with Crippen molar-refractivity contribution >= 4 is 23.3 Å². The average Bonchev–Trinajstić information content (AvgIpc) is 2.55. The highest BCUT2D eigenvalue weighted by Crippen LogP contribution is 2.28. The van der Waals surface area contributed by atoms with Crippen LogP contribution in [0.2, 0.25) is 5.02 Å². The summed E-state index contributed by atoms with van der Waals surface area (Å²) in [5.74, 6) is -0.979. The third-order valence-electron chi connectivity index (χ3n) is 3.90. The van der Waals surface area contributed by atoms with Crippen molar-refractivity contribution in [1.29, 1.82) is 0 Å². The number of ketones is 1. The summed E-state index contributed by atoms with van der Waals surface area (Å²) in [6.45, 7) is 1.83.